The molecule has 0 atom stereocenters. The first kappa shape index (κ1) is 16.9. The minimum Gasteiger partial charge on any atom is -0.461 e. The number of benzene rings is 2. The number of fused-ring (bicyclic) bond motifs is 1. The maximum atomic E-state index is 12.7. The van der Waals surface area contributed by atoms with Gasteiger partial charge in [0.2, 0.25) is 5.91 Å². The molecule has 0 aliphatic rings. The van der Waals surface area contributed by atoms with Crippen molar-refractivity contribution in [3.05, 3.63) is 66.9 Å². The Morgan fingerprint density at radius 2 is 1.85 bits per heavy atom. The molecule has 4 rings (SSSR count). The van der Waals surface area contributed by atoms with Crippen molar-refractivity contribution in [2.24, 2.45) is 0 Å². The lowest BCUT2D eigenvalue weighted by Gasteiger charge is -2.13. The standard InChI is InChI=1S/C21H20N4O2/c1-24(2)16-11-9-15(10-12-16)22-20(26)14-25-18-7-4-3-6-17(18)23-21(25)19-8-5-13-27-19/h3-13H,14H2,1-2H3,(H,22,26). The van der Waals surface area contributed by atoms with Crippen LogP contribution in [0.1, 0.15) is 0 Å². The van der Waals surface area contributed by atoms with E-state index in [1.807, 2.05) is 84.2 Å². The van der Waals surface area contributed by atoms with E-state index >= 15 is 0 Å². The van der Waals surface area contributed by atoms with Crippen LogP contribution in [0.25, 0.3) is 22.6 Å². The second kappa shape index (κ2) is 6.99. The van der Waals surface area contributed by atoms with E-state index < -0.39 is 0 Å². The van der Waals surface area contributed by atoms with Gasteiger partial charge >= 0.3 is 0 Å². The number of anilines is 2. The second-order valence-electron chi connectivity index (χ2n) is 6.48. The zero-order valence-electron chi connectivity index (χ0n) is 15.2. The summed E-state index contributed by atoms with van der Waals surface area (Å²) in [6, 6.07) is 19.1. The van der Waals surface area contributed by atoms with E-state index in [0.29, 0.717) is 11.6 Å². The van der Waals surface area contributed by atoms with Gasteiger partial charge in [-0.2, -0.15) is 0 Å². The summed E-state index contributed by atoms with van der Waals surface area (Å²) in [6.07, 6.45) is 1.60. The lowest BCUT2D eigenvalue weighted by molar-refractivity contribution is -0.116. The summed E-state index contributed by atoms with van der Waals surface area (Å²) in [5.41, 5.74) is 3.55. The summed E-state index contributed by atoms with van der Waals surface area (Å²) in [5, 5.41) is 2.95. The third-order valence-electron chi connectivity index (χ3n) is 4.37. The largest absolute Gasteiger partial charge is 0.461 e. The van der Waals surface area contributed by atoms with Crippen LogP contribution in [0, 0.1) is 0 Å². The number of carbonyl (C=O) groups is 1. The predicted molar refractivity (Wildman–Crippen MR) is 107 cm³/mol. The first-order valence-electron chi connectivity index (χ1n) is 8.68. The molecule has 0 saturated carbocycles. The molecule has 2 aromatic carbocycles. The molecule has 136 valence electrons. The van der Waals surface area contributed by atoms with Gasteiger partial charge in [0.05, 0.1) is 17.3 Å². The van der Waals surface area contributed by atoms with Crippen molar-refractivity contribution < 1.29 is 9.21 Å². The van der Waals surface area contributed by atoms with Gasteiger partial charge in [-0.3, -0.25) is 4.79 Å². The number of para-hydroxylation sites is 2. The quantitative estimate of drug-likeness (QED) is 0.584. The second-order valence-corrected chi connectivity index (χ2v) is 6.48. The SMILES string of the molecule is CN(C)c1ccc(NC(=O)Cn2c(-c3ccco3)nc3ccccc32)cc1. The van der Waals surface area contributed by atoms with E-state index in [0.717, 1.165) is 22.4 Å². The number of carbonyl (C=O) groups excluding carboxylic acids is 1. The molecule has 0 spiro atoms. The van der Waals surface area contributed by atoms with Gasteiger partial charge in [-0.15, -0.1) is 0 Å². The van der Waals surface area contributed by atoms with E-state index in [-0.39, 0.29) is 12.5 Å². The van der Waals surface area contributed by atoms with Crippen LogP contribution in [0.5, 0.6) is 0 Å². The Morgan fingerprint density at radius 1 is 1.07 bits per heavy atom. The summed E-state index contributed by atoms with van der Waals surface area (Å²) in [6.45, 7) is 0.145. The molecular formula is C21H20N4O2. The van der Waals surface area contributed by atoms with Gasteiger partial charge in [0.1, 0.15) is 6.54 Å². The van der Waals surface area contributed by atoms with E-state index in [4.69, 9.17) is 4.42 Å². The lowest BCUT2D eigenvalue weighted by Crippen LogP contribution is -2.19. The fourth-order valence-electron chi connectivity index (χ4n) is 3.02. The molecule has 2 heterocycles. The van der Waals surface area contributed by atoms with Crippen molar-refractivity contribution >= 4 is 28.3 Å². The Hall–Kier alpha value is -3.54. The maximum Gasteiger partial charge on any atom is 0.244 e. The highest BCUT2D eigenvalue weighted by Crippen LogP contribution is 2.25. The summed E-state index contributed by atoms with van der Waals surface area (Å²) in [4.78, 5) is 19.3. The molecule has 0 unspecified atom stereocenters. The van der Waals surface area contributed by atoms with E-state index in [1.165, 1.54) is 0 Å². The molecule has 1 N–H and O–H groups in total. The summed E-state index contributed by atoms with van der Waals surface area (Å²) in [5.74, 6) is 1.15. The fourth-order valence-corrected chi connectivity index (χ4v) is 3.02. The number of rotatable bonds is 5. The Labute approximate surface area is 157 Å². The van der Waals surface area contributed by atoms with E-state index in [2.05, 4.69) is 10.3 Å². The molecule has 1 amide bonds. The van der Waals surface area contributed by atoms with Crippen LogP contribution in [0.4, 0.5) is 11.4 Å². The number of hydrogen-bond donors (Lipinski definition) is 1. The van der Waals surface area contributed by atoms with Gasteiger partial charge in [0, 0.05) is 25.5 Å². The number of nitrogens with one attached hydrogen (secondary N) is 1. The van der Waals surface area contributed by atoms with Crippen molar-refractivity contribution in [3.8, 4) is 11.6 Å². The Kier molecular flexibility index (Phi) is 4.38. The number of aromatic nitrogens is 2. The van der Waals surface area contributed by atoms with Crippen LogP contribution in [-0.4, -0.2) is 29.6 Å². The lowest BCUT2D eigenvalue weighted by atomic mass is 10.2. The first-order chi connectivity index (χ1) is 13.1. The van der Waals surface area contributed by atoms with Crippen LogP contribution in [0.3, 0.4) is 0 Å². The van der Waals surface area contributed by atoms with Gasteiger partial charge in [-0.25, -0.2) is 4.98 Å². The Balaban J connectivity index is 1.61. The third-order valence-corrected chi connectivity index (χ3v) is 4.37. The molecule has 0 aliphatic carbocycles. The molecule has 0 radical (unpaired) electrons. The average Bonchev–Trinajstić information content (AvgIpc) is 3.30. The molecule has 0 saturated heterocycles. The molecule has 6 heteroatoms. The monoisotopic (exact) mass is 360 g/mol. The smallest absolute Gasteiger partial charge is 0.244 e. The van der Waals surface area contributed by atoms with Crippen LogP contribution in [0.15, 0.2) is 71.3 Å². The van der Waals surface area contributed by atoms with Crippen molar-refractivity contribution in [3.63, 3.8) is 0 Å². The van der Waals surface area contributed by atoms with Crippen LogP contribution < -0.4 is 10.2 Å². The first-order valence-corrected chi connectivity index (χ1v) is 8.68. The number of nitrogens with zero attached hydrogens (tertiary/aromatic N) is 3. The van der Waals surface area contributed by atoms with Gasteiger partial charge in [-0.1, -0.05) is 12.1 Å². The Bertz CT molecular complexity index is 1060. The average molecular weight is 360 g/mol. The zero-order chi connectivity index (χ0) is 18.8. The molecule has 2 aromatic heterocycles. The topological polar surface area (TPSA) is 63.3 Å². The van der Waals surface area contributed by atoms with Crippen LogP contribution in [0.2, 0.25) is 0 Å². The van der Waals surface area contributed by atoms with Crippen LogP contribution >= 0.6 is 0 Å². The van der Waals surface area contributed by atoms with E-state index in [9.17, 15) is 4.79 Å². The molecule has 6 nitrogen and oxygen atoms in total. The van der Waals surface area contributed by atoms with Crippen molar-refractivity contribution in [1.82, 2.24) is 9.55 Å². The highest BCUT2D eigenvalue weighted by molar-refractivity contribution is 5.92. The molecule has 4 aromatic rings. The minimum absolute atomic E-state index is 0.122. The summed E-state index contributed by atoms with van der Waals surface area (Å²) < 4.78 is 7.38. The molecular weight excluding hydrogens is 340 g/mol. The normalized spacial score (nSPS) is 10.9. The molecule has 27 heavy (non-hydrogen) atoms. The highest BCUT2D eigenvalue weighted by Gasteiger charge is 2.17. The van der Waals surface area contributed by atoms with E-state index in [1.54, 1.807) is 6.26 Å². The van der Waals surface area contributed by atoms with Crippen molar-refractivity contribution in [1.29, 1.82) is 0 Å². The number of amides is 1. The third kappa shape index (κ3) is 3.42. The predicted octanol–water partition coefficient (Wildman–Crippen LogP) is 4.00. The van der Waals surface area contributed by atoms with Gasteiger partial charge in [-0.05, 0) is 48.5 Å². The van der Waals surface area contributed by atoms with Crippen LogP contribution in [-0.2, 0) is 11.3 Å². The minimum atomic E-state index is -0.122. The molecule has 0 aliphatic heterocycles. The fraction of sp³-hybridized carbons (Fsp3) is 0.143. The number of furan rings is 1. The zero-order valence-corrected chi connectivity index (χ0v) is 15.2. The van der Waals surface area contributed by atoms with Crippen molar-refractivity contribution in [2.75, 3.05) is 24.3 Å². The van der Waals surface area contributed by atoms with Gasteiger partial charge in [0.25, 0.3) is 0 Å². The van der Waals surface area contributed by atoms with Gasteiger partial charge in [0.15, 0.2) is 11.6 Å². The molecule has 0 bridgehead atoms. The summed E-state index contributed by atoms with van der Waals surface area (Å²) >= 11 is 0. The Morgan fingerprint density at radius 3 is 2.56 bits per heavy atom. The number of imidazole rings is 1. The van der Waals surface area contributed by atoms with Gasteiger partial charge < -0.3 is 19.2 Å². The molecule has 0 fully saturated rings. The number of hydrogen-bond acceptors (Lipinski definition) is 4. The maximum absolute atomic E-state index is 12.7. The van der Waals surface area contributed by atoms with Crippen molar-refractivity contribution in [2.45, 2.75) is 6.54 Å². The summed E-state index contributed by atoms with van der Waals surface area (Å²) in [7, 11) is 3.96. The highest BCUT2D eigenvalue weighted by atomic mass is 16.3.